The summed E-state index contributed by atoms with van der Waals surface area (Å²) in [5.74, 6) is 0. The molecule has 0 atom stereocenters. The van der Waals surface area contributed by atoms with E-state index in [1.54, 1.807) is 0 Å². The number of hydrogen-bond donors (Lipinski definition) is 0. The molecule has 0 bridgehead atoms. The summed E-state index contributed by atoms with van der Waals surface area (Å²) in [6.45, 7) is 14.3. The third kappa shape index (κ3) is 5.22. The van der Waals surface area contributed by atoms with Crippen molar-refractivity contribution in [3.8, 4) is 0 Å². The molecule has 6 heteroatoms. The highest BCUT2D eigenvalue weighted by molar-refractivity contribution is 4.66. The van der Waals surface area contributed by atoms with Crippen LogP contribution in [0.3, 0.4) is 0 Å². The molecule has 0 N–H and O–H groups in total. The van der Waals surface area contributed by atoms with E-state index < -0.39 is 0 Å². The molecule has 1 heterocycles. The summed E-state index contributed by atoms with van der Waals surface area (Å²) in [5.41, 5.74) is 0. The molecule has 1 aliphatic rings. The van der Waals surface area contributed by atoms with Gasteiger partial charge in [0, 0.05) is 0 Å². The number of nitrogens with zero attached hydrogens (tertiary/aromatic N) is 3. The fourth-order valence-electron chi connectivity index (χ4n) is 1.70. The van der Waals surface area contributed by atoms with E-state index in [9.17, 15) is 0 Å². The van der Waals surface area contributed by atoms with Crippen molar-refractivity contribution in [2.75, 3.05) is 40.2 Å². The predicted octanol–water partition coefficient (Wildman–Crippen LogP) is 1.13. The highest BCUT2D eigenvalue weighted by atomic mass is 16.5. The van der Waals surface area contributed by atoms with E-state index in [2.05, 4.69) is 34.4 Å². The van der Waals surface area contributed by atoms with Crippen molar-refractivity contribution in [2.24, 2.45) is 0 Å². The summed E-state index contributed by atoms with van der Waals surface area (Å²) in [6.07, 6.45) is 4.30. The standard InChI is InChI=1S/C12H21N3O3/c1-4-16-10-13-7-14(11-17-5-2)9-15(8-13)12-18-6-3/h4-6H,1-3,7-12H2. The molecule has 18 heavy (non-hydrogen) atoms. The van der Waals surface area contributed by atoms with Crippen LogP contribution in [0.15, 0.2) is 38.5 Å². The van der Waals surface area contributed by atoms with Crippen LogP contribution in [-0.4, -0.2) is 54.9 Å². The quantitative estimate of drug-likeness (QED) is 0.575. The topological polar surface area (TPSA) is 37.4 Å². The van der Waals surface area contributed by atoms with Gasteiger partial charge in [0.05, 0.1) is 38.8 Å². The van der Waals surface area contributed by atoms with Crippen LogP contribution in [0.5, 0.6) is 0 Å². The first-order chi connectivity index (χ1) is 8.80. The Morgan fingerprint density at radius 3 is 1.17 bits per heavy atom. The van der Waals surface area contributed by atoms with Gasteiger partial charge in [0.1, 0.15) is 20.2 Å². The second-order valence-corrected chi connectivity index (χ2v) is 3.82. The second kappa shape index (κ2) is 8.57. The number of ether oxygens (including phenoxy) is 3. The Hall–Kier alpha value is -1.50. The van der Waals surface area contributed by atoms with Crippen molar-refractivity contribution in [1.29, 1.82) is 0 Å². The Bertz CT molecular complexity index is 224. The van der Waals surface area contributed by atoms with Crippen molar-refractivity contribution < 1.29 is 14.2 Å². The Morgan fingerprint density at radius 1 is 0.667 bits per heavy atom. The molecule has 0 unspecified atom stereocenters. The smallest absolute Gasteiger partial charge is 0.143 e. The Labute approximate surface area is 108 Å². The number of rotatable bonds is 9. The molecular formula is C12H21N3O3. The zero-order valence-corrected chi connectivity index (χ0v) is 10.7. The van der Waals surface area contributed by atoms with E-state index in [1.165, 1.54) is 18.8 Å². The van der Waals surface area contributed by atoms with Crippen molar-refractivity contribution in [2.45, 2.75) is 0 Å². The summed E-state index contributed by atoms with van der Waals surface area (Å²) in [7, 11) is 0. The molecule has 0 aromatic rings. The van der Waals surface area contributed by atoms with Crippen molar-refractivity contribution in [3.63, 3.8) is 0 Å². The first-order valence-electron chi connectivity index (χ1n) is 5.64. The van der Waals surface area contributed by atoms with Crippen molar-refractivity contribution in [3.05, 3.63) is 38.5 Å². The van der Waals surface area contributed by atoms with Gasteiger partial charge in [-0.25, -0.2) is 14.7 Å². The van der Waals surface area contributed by atoms with Crippen molar-refractivity contribution >= 4 is 0 Å². The Kier molecular flexibility index (Phi) is 6.93. The maximum atomic E-state index is 5.19. The minimum atomic E-state index is 0.485. The first kappa shape index (κ1) is 14.6. The summed E-state index contributed by atoms with van der Waals surface area (Å²) >= 11 is 0. The highest BCUT2D eigenvalue weighted by Gasteiger charge is 2.23. The third-order valence-electron chi connectivity index (χ3n) is 2.32. The molecule has 1 aliphatic heterocycles. The highest BCUT2D eigenvalue weighted by Crippen LogP contribution is 2.07. The van der Waals surface area contributed by atoms with Gasteiger partial charge in [-0.15, -0.1) is 0 Å². The molecule has 1 fully saturated rings. The third-order valence-corrected chi connectivity index (χ3v) is 2.32. The molecule has 0 aromatic carbocycles. The molecule has 0 spiro atoms. The average molecular weight is 255 g/mol. The van der Waals surface area contributed by atoms with E-state index in [4.69, 9.17) is 14.2 Å². The molecule has 0 aromatic heterocycles. The van der Waals surface area contributed by atoms with Crippen LogP contribution in [0.2, 0.25) is 0 Å². The maximum absolute atomic E-state index is 5.19. The van der Waals surface area contributed by atoms with Crippen LogP contribution in [0, 0.1) is 0 Å². The minimum Gasteiger partial charge on any atom is -0.486 e. The van der Waals surface area contributed by atoms with E-state index >= 15 is 0 Å². The van der Waals surface area contributed by atoms with Crippen LogP contribution in [-0.2, 0) is 14.2 Å². The van der Waals surface area contributed by atoms with Crippen LogP contribution < -0.4 is 0 Å². The van der Waals surface area contributed by atoms with Gasteiger partial charge in [-0.3, -0.25) is 0 Å². The predicted molar refractivity (Wildman–Crippen MR) is 68.6 cm³/mol. The van der Waals surface area contributed by atoms with E-state index in [0.29, 0.717) is 20.2 Å². The van der Waals surface area contributed by atoms with Crippen LogP contribution in [0.25, 0.3) is 0 Å². The lowest BCUT2D eigenvalue weighted by molar-refractivity contribution is -0.116. The van der Waals surface area contributed by atoms with Gasteiger partial charge < -0.3 is 14.2 Å². The average Bonchev–Trinajstić information content (AvgIpc) is 2.40. The monoisotopic (exact) mass is 255 g/mol. The normalized spacial score (nSPS) is 18.0. The largest absolute Gasteiger partial charge is 0.486 e. The second-order valence-electron chi connectivity index (χ2n) is 3.82. The maximum Gasteiger partial charge on any atom is 0.143 e. The zero-order valence-electron chi connectivity index (χ0n) is 10.7. The summed E-state index contributed by atoms with van der Waals surface area (Å²) in [4.78, 5) is 6.30. The molecule has 1 saturated heterocycles. The molecule has 0 saturated carbocycles. The van der Waals surface area contributed by atoms with E-state index in [1.807, 2.05) is 0 Å². The summed E-state index contributed by atoms with van der Waals surface area (Å²) in [5, 5.41) is 0. The lowest BCUT2D eigenvalue weighted by atomic mass is 10.5. The minimum absolute atomic E-state index is 0.485. The Balaban J connectivity index is 2.44. The van der Waals surface area contributed by atoms with Crippen molar-refractivity contribution in [1.82, 2.24) is 14.7 Å². The molecule has 6 nitrogen and oxygen atoms in total. The SMILES string of the molecule is C=COCN1CN(COC=C)CN(COC=C)C1. The first-order valence-corrected chi connectivity index (χ1v) is 5.64. The lowest BCUT2D eigenvalue weighted by Gasteiger charge is -2.40. The molecular weight excluding hydrogens is 234 g/mol. The zero-order chi connectivity index (χ0) is 13.2. The van der Waals surface area contributed by atoms with Gasteiger partial charge in [0.2, 0.25) is 0 Å². The lowest BCUT2D eigenvalue weighted by Crippen LogP contribution is -2.55. The fraction of sp³-hybridized carbons (Fsp3) is 0.500. The van der Waals surface area contributed by atoms with Crippen LogP contribution in [0.4, 0.5) is 0 Å². The molecule has 0 aliphatic carbocycles. The van der Waals surface area contributed by atoms with E-state index in [0.717, 1.165) is 20.0 Å². The Morgan fingerprint density at radius 2 is 0.944 bits per heavy atom. The van der Waals surface area contributed by atoms with Gasteiger partial charge in [0.15, 0.2) is 0 Å². The van der Waals surface area contributed by atoms with Gasteiger partial charge in [-0.2, -0.15) is 0 Å². The molecule has 1 rings (SSSR count). The van der Waals surface area contributed by atoms with Gasteiger partial charge >= 0.3 is 0 Å². The molecule has 0 radical (unpaired) electrons. The van der Waals surface area contributed by atoms with Crippen LogP contribution in [0.1, 0.15) is 0 Å². The fourth-order valence-corrected chi connectivity index (χ4v) is 1.70. The van der Waals surface area contributed by atoms with Crippen LogP contribution >= 0.6 is 0 Å². The summed E-state index contributed by atoms with van der Waals surface area (Å²) < 4.78 is 15.6. The van der Waals surface area contributed by atoms with Gasteiger partial charge in [-0.05, 0) is 0 Å². The van der Waals surface area contributed by atoms with Gasteiger partial charge in [0.25, 0.3) is 0 Å². The summed E-state index contributed by atoms with van der Waals surface area (Å²) in [6, 6.07) is 0. The van der Waals surface area contributed by atoms with E-state index in [-0.39, 0.29) is 0 Å². The number of hydrogen-bond acceptors (Lipinski definition) is 6. The molecule has 0 amide bonds. The van der Waals surface area contributed by atoms with Gasteiger partial charge in [-0.1, -0.05) is 19.7 Å². The molecule has 102 valence electrons.